The first-order valence-corrected chi connectivity index (χ1v) is 8.19. The number of anilines is 1. The molecule has 0 saturated heterocycles. The molecule has 0 spiro atoms. The van der Waals surface area contributed by atoms with E-state index in [4.69, 9.17) is 27.9 Å². The van der Waals surface area contributed by atoms with Crippen LogP contribution in [0.2, 0.25) is 10.0 Å². The average molecular weight is 350 g/mol. The molecule has 0 amide bonds. The third-order valence-electron chi connectivity index (χ3n) is 3.20. The largest absolute Gasteiger partial charge is 0.497 e. The zero-order valence-corrected chi connectivity index (χ0v) is 14.1. The molecule has 0 unspecified atom stereocenters. The van der Waals surface area contributed by atoms with Crippen molar-refractivity contribution in [3.05, 3.63) is 64.6 Å². The van der Waals surface area contributed by atoms with Crippen LogP contribution in [0.5, 0.6) is 5.75 Å². The van der Waals surface area contributed by atoms with E-state index in [-0.39, 0.29) is 0 Å². The van der Waals surface area contributed by atoms with Crippen molar-refractivity contribution in [2.45, 2.75) is 4.90 Å². The fourth-order valence-corrected chi connectivity index (χ4v) is 3.61. The van der Waals surface area contributed by atoms with Crippen molar-refractivity contribution in [2.24, 2.45) is 0 Å². The number of ether oxygens (including phenoxy) is 1. The smallest absolute Gasteiger partial charge is 0.119 e. The van der Waals surface area contributed by atoms with Crippen LogP contribution in [0.4, 0.5) is 5.69 Å². The standard InChI is InChI=1S/C17H13Cl2NOS/c1-21-14-5-6-16-11(7-14)3-2-4-17(16)20-22-15-9-12(18)8-13(19)10-15/h2-10,20H,1H3. The second kappa shape index (κ2) is 6.69. The van der Waals surface area contributed by atoms with E-state index in [1.54, 1.807) is 13.2 Å². The quantitative estimate of drug-likeness (QED) is 0.560. The normalized spacial score (nSPS) is 10.7. The van der Waals surface area contributed by atoms with Crippen molar-refractivity contribution in [1.29, 1.82) is 0 Å². The first-order valence-electron chi connectivity index (χ1n) is 6.61. The lowest BCUT2D eigenvalue weighted by Gasteiger charge is -2.10. The summed E-state index contributed by atoms with van der Waals surface area (Å²) in [5, 5.41) is 3.50. The van der Waals surface area contributed by atoms with Crippen molar-refractivity contribution in [3.63, 3.8) is 0 Å². The molecule has 5 heteroatoms. The summed E-state index contributed by atoms with van der Waals surface area (Å²) in [5.74, 6) is 0.846. The minimum absolute atomic E-state index is 0.624. The highest BCUT2D eigenvalue weighted by Gasteiger charge is 2.04. The van der Waals surface area contributed by atoms with Gasteiger partial charge in [0.05, 0.1) is 12.8 Å². The van der Waals surface area contributed by atoms with Crippen LogP contribution in [0.15, 0.2) is 59.5 Å². The monoisotopic (exact) mass is 349 g/mol. The third kappa shape index (κ3) is 3.43. The lowest BCUT2D eigenvalue weighted by Crippen LogP contribution is -1.89. The molecule has 0 aromatic heterocycles. The highest BCUT2D eigenvalue weighted by Crippen LogP contribution is 2.32. The zero-order chi connectivity index (χ0) is 15.5. The lowest BCUT2D eigenvalue weighted by molar-refractivity contribution is 0.415. The topological polar surface area (TPSA) is 21.3 Å². The van der Waals surface area contributed by atoms with Crippen LogP contribution in [-0.2, 0) is 0 Å². The summed E-state index contributed by atoms with van der Waals surface area (Å²) in [6.07, 6.45) is 0. The molecule has 3 aromatic carbocycles. The van der Waals surface area contributed by atoms with Crippen molar-refractivity contribution in [3.8, 4) is 5.75 Å². The fourth-order valence-electron chi connectivity index (χ4n) is 2.18. The number of nitrogens with one attached hydrogen (secondary N) is 1. The van der Waals surface area contributed by atoms with Crippen molar-refractivity contribution < 1.29 is 4.74 Å². The van der Waals surface area contributed by atoms with E-state index in [1.807, 2.05) is 42.5 Å². The summed E-state index contributed by atoms with van der Waals surface area (Å²) in [7, 11) is 1.67. The highest BCUT2D eigenvalue weighted by atomic mass is 35.5. The van der Waals surface area contributed by atoms with E-state index in [2.05, 4.69) is 10.8 Å². The van der Waals surface area contributed by atoms with E-state index >= 15 is 0 Å². The molecule has 0 radical (unpaired) electrons. The lowest BCUT2D eigenvalue weighted by atomic mass is 10.1. The van der Waals surface area contributed by atoms with Crippen LogP contribution in [0.3, 0.4) is 0 Å². The van der Waals surface area contributed by atoms with Gasteiger partial charge >= 0.3 is 0 Å². The molecule has 0 fully saturated rings. The summed E-state index contributed by atoms with van der Waals surface area (Å²) in [6.45, 7) is 0. The van der Waals surface area contributed by atoms with E-state index in [1.165, 1.54) is 11.9 Å². The number of fused-ring (bicyclic) bond motifs is 1. The Bertz CT molecular complexity index is 803. The first kappa shape index (κ1) is 15.3. The molecule has 0 aliphatic rings. The Morgan fingerprint density at radius 1 is 0.955 bits per heavy atom. The van der Waals surface area contributed by atoms with Gasteiger partial charge in [-0.15, -0.1) is 0 Å². The minimum Gasteiger partial charge on any atom is -0.497 e. The van der Waals surface area contributed by atoms with Gasteiger partial charge in [-0.2, -0.15) is 0 Å². The van der Waals surface area contributed by atoms with Crippen molar-refractivity contribution >= 4 is 51.6 Å². The van der Waals surface area contributed by atoms with Gasteiger partial charge < -0.3 is 9.46 Å². The van der Waals surface area contributed by atoms with Crippen LogP contribution in [0, 0.1) is 0 Å². The van der Waals surface area contributed by atoms with Crippen LogP contribution in [-0.4, -0.2) is 7.11 Å². The Hall–Kier alpha value is -1.55. The molecule has 112 valence electrons. The predicted molar refractivity (Wildman–Crippen MR) is 96.4 cm³/mol. The van der Waals surface area contributed by atoms with E-state index in [9.17, 15) is 0 Å². The van der Waals surface area contributed by atoms with Crippen molar-refractivity contribution in [2.75, 3.05) is 11.8 Å². The van der Waals surface area contributed by atoms with E-state index in [0.29, 0.717) is 10.0 Å². The molecule has 0 aliphatic carbocycles. The molecule has 1 N–H and O–H groups in total. The Kier molecular flexibility index (Phi) is 4.67. The van der Waals surface area contributed by atoms with Gasteiger partial charge in [-0.05, 0) is 59.8 Å². The molecule has 3 rings (SSSR count). The molecule has 0 heterocycles. The first-order chi connectivity index (χ1) is 10.7. The molecule has 0 saturated carbocycles. The number of halogens is 2. The Balaban J connectivity index is 1.87. The Morgan fingerprint density at radius 3 is 2.45 bits per heavy atom. The maximum absolute atomic E-state index is 6.02. The highest BCUT2D eigenvalue weighted by molar-refractivity contribution is 8.00. The van der Waals surface area contributed by atoms with Gasteiger partial charge in [-0.3, -0.25) is 0 Å². The van der Waals surface area contributed by atoms with Gasteiger partial charge in [0.1, 0.15) is 5.75 Å². The summed E-state index contributed by atoms with van der Waals surface area (Å²) >= 11 is 13.5. The summed E-state index contributed by atoms with van der Waals surface area (Å²) in [6, 6.07) is 17.6. The summed E-state index contributed by atoms with van der Waals surface area (Å²) in [4.78, 5) is 0.961. The van der Waals surface area contributed by atoms with Gasteiger partial charge in [0.25, 0.3) is 0 Å². The van der Waals surface area contributed by atoms with Gasteiger partial charge in [0.15, 0.2) is 0 Å². The Labute approximate surface area is 143 Å². The van der Waals surface area contributed by atoms with Gasteiger partial charge in [-0.1, -0.05) is 35.3 Å². The summed E-state index contributed by atoms with van der Waals surface area (Å²) in [5.41, 5.74) is 1.03. The van der Waals surface area contributed by atoms with Crippen LogP contribution in [0.1, 0.15) is 0 Å². The van der Waals surface area contributed by atoms with Crippen LogP contribution < -0.4 is 9.46 Å². The summed E-state index contributed by atoms with van der Waals surface area (Å²) < 4.78 is 8.62. The maximum atomic E-state index is 6.02. The zero-order valence-electron chi connectivity index (χ0n) is 11.8. The fraction of sp³-hybridized carbons (Fsp3) is 0.0588. The molecule has 3 aromatic rings. The van der Waals surface area contributed by atoms with Gasteiger partial charge in [0, 0.05) is 20.3 Å². The van der Waals surface area contributed by atoms with E-state index < -0.39 is 0 Å². The minimum atomic E-state index is 0.624. The van der Waals surface area contributed by atoms with Gasteiger partial charge in [-0.25, -0.2) is 0 Å². The second-order valence-corrected chi connectivity index (χ2v) is 6.45. The third-order valence-corrected chi connectivity index (χ3v) is 4.43. The van der Waals surface area contributed by atoms with Crippen LogP contribution >= 0.6 is 35.1 Å². The SMILES string of the molecule is COc1ccc2c(NSc3cc(Cl)cc(Cl)c3)cccc2c1. The molecular weight excluding hydrogens is 337 g/mol. The number of benzene rings is 3. The predicted octanol–water partition coefficient (Wildman–Crippen LogP) is 6.27. The molecule has 0 bridgehead atoms. The number of hydrogen-bond donors (Lipinski definition) is 1. The van der Waals surface area contributed by atoms with Crippen LogP contribution in [0.25, 0.3) is 10.8 Å². The number of rotatable bonds is 4. The van der Waals surface area contributed by atoms with Crippen molar-refractivity contribution in [1.82, 2.24) is 0 Å². The van der Waals surface area contributed by atoms with E-state index in [0.717, 1.165) is 27.1 Å². The molecule has 0 atom stereocenters. The molecule has 2 nitrogen and oxygen atoms in total. The average Bonchev–Trinajstić information content (AvgIpc) is 2.51. The maximum Gasteiger partial charge on any atom is 0.119 e. The molecule has 0 aliphatic heterocycles. The molecular formula is C17H13Cl2NOS. The Morgan fingerprint density at radius 2 is 1.73 bits per heavy atom. The second-order valence-electron chi connectivity index (χ2n) is 4.70. The molecule has 22 heavy (non-hydrogen) atoms. The number of hydrogen-bond acceptors (Lipinski definition) is 3. The van der Waals surface area contributed by atoms with Gasteiger partial charge in [0.2, 0.25) is 0 Å². The number of methoxy groups -OCH3 is 1.